The Bertz CT molecular complexity index is 848. The molecular weight excluding hydrogens is 347 g/mol. The normalized spacial score (nSPS) is 10.5. The summed E-state index contributed by atoms with van der Waals surface area (Å²) in [4.78, 5) is 34.5. The van der Waals surface area contributed by atoms with Gasteiger partial charge in [0.25, 0.3) is 0 Å². The highest BCUT2D eigenvalue weighted by Gasteiger charge is 2.16. The van der Waals surface area contributed by atoms with E-state index in [1.165, 1.54) is 4.57 Å². The van der Waals surface area contributed by atoms with Gasteiger partial charge in [-0.2, -0.15) is 0 Å². The van der Waals surface area contributed by atoms with Crippen LogP contribution in [0.4, 0.5) is 18.9 Å². The fourth-order valence-electron chi connectivity index (χ4n) is 1.79. The first-order valence-corrected chi connectivity index (χ1v) is 7.52. The van der Waals surface area contributed by atoms with Gasteiger partial charge in [-0.05, 0) is 19.1 Å². The number of carbonyl (C=O) groups is 2. The van der Waals surface area contributed by atoms with Gasteiger partial charge in [0.2, 0.25) is 11.8 Å². The minimum absolute atomic E-state index is 0.263. The molecule has 1 heterocycles. The summed E-state index contributed by atoms with van der Waals surface area (Å²) in [5.74, 6) is -6.04. The van der Waals surface area contributed by atoms with Gasteiger partial charge >= 0.3 is 4.87 Å². The molecule has 0 aliphatic heterocycles. The summed E-state index contributed by atoms with van der Waals surface area (Å²) < 4.78 is 40.5. The largest absolute Gasteiger partial charge is 0.345 e. The second-order valence-electron chi connectivity index (χ2n) is 4.78. The number of thiazole rings is 1. The van der Waals surface area contributed by atoms with E-state index in [0.717, 1.165) is 17.4 Å². The van der Waals surface area contributed by atoms with Gasteiger partial charge < -0.3 is 10.6 Å². The van der Waals surface area contributed by atoms with Gasteiger partial charge in [0.05, 0.1) is 12.2 Å². The molecule has 0 saturated heterocycles. The fourth-order valence-corrected chi connectivity index (χ4v) is 2.53. The van der Waals surface area contributed by atoms with E-state index in [-0.39, 0.29) is 11.4 Å². The van der Waals surface area contributed by atoms with Crippen molar-refractivity contribution < 1.29 is 22.8 Å². The van der Waals surface area contributed by atoms with Gasteiger partial charge in [-0.25, -0.2) is 13.2 Å². The van der Waals surface area contributed by atoms with E-state index in [4.69, 9.17) is 0 Å². The molecule has 0 bridgehead atoms. The Morgan fingerprint density at radius 3 is 2.50 bits per heavy atom. The van der Waals surface area contributed by atoms with E-state index < -0.39 is 41.5 Å². The van der Waals surface area contributed by atoms with Gasteiger partial charge in [0, 0.05) is 11.1 Å². The summed E-state index contributed by atoms with van der Waals surface area (Å²) in [5.41, 5.74) is 0.0616. The zero-order chi connectivity index (χ0) is 17.9. The second kappa shape index (κ2) is 7.30. The van der Waals surface area contributed by atoms with Crippen LogP contribution in [-0.4, -0.2) is 22.9 Å². The molecule has 2 rings (SSSR count). The maximum Gasteiger partial charge on any atom is 0.307 e. The van der Waals surface area contributed by atoms with Crippen LogP contribution in [-0.2, 0) is 16.1 Å². The number of aromatic nitrogens is 1. The molecule has 2 N–H and O–H groups in total. The molecule has 1 aromatic carbocycles. The van der Waals surface area contributed by atoms with E-state index in [2.05, 4.69) is 5.32 Å². The molecule has 0 fully saturated rings. The molecule has 0 spiro atoms. The van der Waals surface area contributed by atoms with Crippen LogP contribution in [0.3, 0.4) is 0 Å². The Morgan fingerprint density at radius 2 is 1.88 bits per heavy atom. The average Bonchev–Trinajstić information content (AvgIpc) is 2.85. The van der Waals surface area contributed by atoms with E-state index >= 15 is 0 Å². The van der Waals surface area contributed by atoms with Crippen molar-refractivity contribution in [3.8, 4) is 0 Å². The molecule has 6 nitrogen and oxygen atoms in total. The summed E-state index contributed by atoms with van der Waals surface area (Å²) in [6, 6.07) is 1.53. The molecule has 0 aliphatic rings. The van der Waals surface area contributed by atoms with Crippen LogP contribution in [0.2, 0.25) is 0 Å². The lowest BCUT2D eigenvalue weighted by Crippen LogP contribution is -2.36. The predicted octanol–water partition coefficient (Wildman–Crippen LogP) is 1.39. The van der Waals surface area contributed by atoms with E-state index in [0.29, 0.717) is 11.8 Å². The van der Waals surface area contributed by atoms with E-state index in [1.54, 1.807) is 12.3 Å². The molecule has 0 radical (unpaired) electrons. The number of nitrogens with zero attached hydrogens (tertiary/aromatic N) is 1. The Balaban J connectivity index is 1.91. The Kier molecular flexibility index (Phi) is 5.39. The number of anilines is 1. The summed E-state index contributed by atoms with van der Waals surface area (Å²) in [6.45, 7) is 0.875. The summed E-state index contributed by atoms with van der Waals surface area (Å²) in [5, 5.41) is 5.85. The van der Waals surface area contributed by atoms with Crippen LogP contribution in [0, 0.1) is 24.4 Å². The first-order valence-electron chi connectivity index (χ1n) is 6.64. The third-order valence-electron chi connectivity index (χ3n) is 3.03. The number of halogens is 3. The third-order valence-corrected chi connectivity index (χ3v) is 3.91. The Hall–Kier alpha value is -2.62. The van der Waals surface area contributed by atoms with Crippen molar-refractivity contribution >= 4 is 28.8 Å². The molecule has 10 heteroatoms. The number of aryl methyl sites for hydroxylation is 1. The van der Waals surface area contributed by atoms with Crippen molar-refractivity contribution in [3.05, 3.63) is 50.3 Å². The maximum atomic E-state index is 13.4. The average molecular weight is 359 g/mol. The number of rotatable bonds is 5. The molecular formula is C14H12F3N3O3S. The van der Waals surface area contributed by atoms with Crippen molar-refractivity contribution in [2.75, 3.05) is 11.9 Å². The van der Waals surface area contributed by atoms with Crippen molar-refractivity contribution in [3.63, 3.8) is 0 Å². The monoisotopic (exact) mass is 359 g/mol. The van der Waals surface area contributed by atoms with Crippen LogP contribution in [0.5, 0.6) is 0 Å². The number of benzene rings is 1. The summed E-state index contributed by atoms with van der Waals surface area (Å²) in [6.07, 6.45) is 0. The quantitative estimate of drug-likeness (QED) is 0.792. The summed E-state index contributed by atoms with van der Waals surface area (Å²) >= 11 is 0.944. The molecule has 0 unspecified atom stereocenters. The minimum Gasteiger partial charge on any atom is -0.345 e. The zero-order valence-corrected chi connectivity index (χ0v) is 13.2. The van der Waals surface area contributed by atoms with Crippen molar-refractivity contribution in [1.82, 2.24) is 9.88 Å². The van der Waals surface area contributed by atoms with Gasteiger partial charge in [-0.1, -0.05) is 11.3 Å². The summed E-state index contributed by atoms with van der Waals surface area (Å²) in [7, 11) is 0. The molecule has 0 atom stereocenters. The number of nitrogens with one attached hydrogen (secondary N) is 2. The predicted molar refractivity (Wildman–Crippen MR) is 81.3 cm³/mol. The van der Waals surface area contributed by atoms with Gasteiger partial charge in [-0.15, -0.1) is 0 Å². The topological polar surface area (TPSA) is 80.2 Å². The van der Waals surface area contributed by atoms with Crippen molar-refractivity contribution in [2.45, 2.75) is 13.5 Å². The standard InChI is InChI=1S/C14H12F3N3O3S/c1-7-6-24-14(23)20(7)5-11(22)18-4-10(21)19-9-3-2-8(15)12(16)13(9)17/h2-3,6H,4-5H2,1H3,(H,18,22)(H,19,21). The second-order valence-corrected chi connectivity index (χ2v) is 5.60. The maximum absolute atomic E-state index is 13.4. The number of carbonyl (C=O) groups excluding carboxylic acids is 2. The smallest absolute Gasteiger partial charge is 0.307 e. The Morgan fingerprint density at radius 1 is 1.17 bits per heavy atom. The molecule has 2 amide bonds. The van der Waals surface area contributed by atoms with Crippen LogP contribution in [0.15, 0.2) is 22.3 Å². The van der Waals surface area contributed by atoms with E-state index in [9.17, 15) is 27.6 Å². The number of hydrogen-bond acceptors (Lipinski definition) is 4. The van der Waals surface area contributed by atoms with Crippen molar-refractivity contribution in [2.24, 2.45) is 0 Å². The Labute approximate surface area is 137 Å². The molecule has 128 valence electrons. The number of hydrogen-bond donors (Lipinski definition) is 2. The van der Waals surface area contributed by atoms with Crippen molar-refractivity contribution in [1.29, 1.82) is 0 Å². The van der Waals surface area contributed by atoms with E-state index in [1.807, 2.05) is 5.32 Å². The molecule has 0 saturated carbocycles. The van der Waals surface area contributed by atoms with Crippen LogP contribution in [0.1, 0.15) is 5.69 Å². The lowest BCUT2D eigenvalue weighted by atomic mass is 10.2. The molecule has 24 heavy (non-hydrogen) atoms. The van der Waals surface area contributed by atoms with Gasteiger partial charge in [-0.3, -0.25) is 19.0 Å². The highest BCUT2D eigenvalue weighted by atomic mass is 32.1. The molecule has 2 aromatic rings. The first-order chi connectivity index (χ1) is 11.3. The highest BCUT2D eigenvalue weighted by Crippen LogP contribution is 2.19. The molecule has 1 aromatic heterocycles. The fraction of sp³-hybridized carbons (Fsp3) is 0.214. The van der Waals surface area contributed by atoms with Gasteiger partial charge in [0.1, 0.15) is 6.54 Å². The lowest BCUT2D eigenvalue weighted by molar-refractivity contribution is -0.124. The lowest BCUT2D eigenvalue weighted by Gasteiger charge is -2.09. The van der Waals surface area contributed by atoms with Crippen LogP contribution < -0.4 is 15.5 Å². The highest BCUT2D eigenvalue weighted by molar-refractivity contribution is 7.07. The van der Waals surface area contributed by atoms with Gasteiger partial charge in [0.15, 0.2) is 17.5 Å². The first kappa shape index (κ1) is 17.7. The minimum atomic E-state index is -1.70. The third kappa shape index (κ3) is 4.02. The molecule has 0 aliphatic carbocycles. The number of amides is 2. The SMILES string of the molecule is Cc1csc(=O)n1CC(=O)NCC(=O)Nc1ccc(F)c(F)c1F. The van der Waals surface area contributed by atoms with Crippen LogP contribution >= 0.6 is 11.3 Å². The van der Waals surface area contributed by atoms with Crippen LogP contribution in [0.25, 0.3) is 0 Å². The zero-order valence-electron chi connectivity index (χ0n) is 12.4.